The third-order valence-corrected chi connectivity index (χ3v) is 4.08. The minimum Gasteiger partial charge on any atom is -0.388 e. The average molecular weight is 317 g/mol. The first-order valence-electron chi connectivity index (χ1n) is 9.42. The summed E-state index contributed by atoms with van der Waals surface area (Å²) in [4.78, 5) is 0. The summed E-state index contributed by atoms with van der Waals surface area (Å²) in [6.07, 6.45) is 8.91. The lowest BCUT2D eigenvalue weighted by atomic mass is 10.0. The molecule has 0 amide bonds. The predicted molar refractivity (Wildman–Crippen MR) is 94.0 cm³/mol. The fraction of sp³-hybridized carbons (Fsp3) is 1.00. The summed E-state index contributed by atoms with van der Waals surface area (Å²) in [6, 6.07) is 0. The maximum Gasteiger partial charge on any atom is 0.183 e. The van der Waals surface area contributed by atoms with E-state index in [4.69, 9.17) is 9.47 Å². The summed E-state index contributed by atoms with van der Waals surface area (Å²) in [5, 5.41) is 9.82. The maximum atomic E-state index is 9.82. The highest BCUT2D eigenvalue weighted by molar-refractivity contribution is 4.59. The van der Waals surface area contributed by atoms with E-state index >= 15 is 0 Å². The van der Waals surface area contributed by atoms with Crippen molar-refractivity contribution in [2.75, 3.05) is 13.2 Å². The van der Waals surface area contributed by atoms with Crippen molar-refractivity contribution in [2.24, 2.45) is 11.8 Å². The van der Waals surface area contributed by atoms with Crippen LogP contribution in [0.15, 0.2) is 0 Å². The monoisotopic (exact) mass is 316 g/mol. The molecule has 0 bridgehead atoms. The highest BCUT2D eigenvalue weighted by atomic mass is 16.7. The normalized spacial score (nSPS) is 17.2. The summed E-state index contributed by atoms with van der Waals surface area (Å²) in [7, 11) is 0. The summed E-state index contributed by atoms with van der Waals surface area (Å²) >= 11 is 0. The predicted octanol–water partition coefficient (Wildman–Crippen LogP) is 5.16. The van der Waals surface area contributed by atoms with Gasteiger partial charge in [0.25, 0.3) is 0 Å². The third kappa shape index (κ3) is 12.4. The van der Waals surface area contributed by atoms with Crippen molar-refractivity contribution in [2.45, 2.75) is 98.4 Å². The molecule has 0 rings (SSSR count). The average Bonchev–Trinajstić information content (AvgIpc) is 2.47. The van der Waals surface area contributed by atoms with Gasteiger partial charge in [-0.25, -0.2) is 0 Å². The minimum atomic E-state index is -0.578. The van der Waals surface area contributed by atoms with Crippen LogP contribution in [0.1, 0.15) is 86.0 Å². The molecule has 0 fully saturated rings. The number of hydrogen-bond donors (Lipinski definition) is 1. The first-order chi connectivity index (χ1) is 10.5. The molecule has 0 aliphatic heterocycles. The standard InChI is InChI=1S/C19H40O3/c1-6-8-10-12-16(3)14-21-19(18(5)20)22-15-17(4)13-11-9-7-2/h16-20H,6-15H2,1-5H3. The van der Waals surface area contributed by atoms with Gasteiger partial charge < -0.3 is 14.6 Å². The van der Waals surface area contributed by atoms with E-state index in [1.807, 2.05) is 0 Å². The number of rotatable bonds is 15. The lowest BCUT2D eigenvalue weighted by molar-refractivity contribution is -0.199. The Morgan fingerprint density at radius 1 is 0.727 bits per heavy atom. The topological polar surface area (TPSA) is 38.7 Å². The molecule has 0 aromatic carbocycles. The second-order valence-corrected chi connectivity index (χ2v) is 6.98. The molecule has 0 saturated carbocycles. The molecule has 0 heterocycles. The van der Waals surface area contributed by atoms with Crippen LogP contribution >= 0.6 is 0 Å². The van der Waals surface area contributed by atoms with E-state index in [0.29, 0.717) is 25.0 Å². The molecular formula is C19H40O3. The van der Waals surface area contributed by atoms with Crippen molar-refractivity contribution in [3.05, 3.63) is 0 Å². The molecular weight excluding hydrogens is 276 g/mol. The van der Waals surface area contributed by atoms with Crippen LogP contribution in [0.2, 0.25) is 0 Å². The zero-order valence-electron chi connectivity index (χ0n) is 15.6. The van der Waals surface area contributed by atoms with Crippen molar-refractivity contribution in [3.63, 3.8) is 0 Å². The van der Waals surface area contributed by atoms with Crippen LogP contribution in [-0.4, -0.2) is 30.7 Å². The van der Waals surface area contributed by atoms with Crippen molar-refractivity contribution in [1.82, 2.24) is 0 Å². The number of hydrogen-bond acceptors (Lipinski definition) is 3. The Balaban J connectivity index is 3.90. The molecule has 1 N–H and O–H groups in total. The van der Waals surface area contributed by atoms with Crippen LogP contribution in [0.3, 0.4) is 0 Å². The lowest BCUT2D eigenvalue weighted by Crippen LogP contribution is -2.32. The molecule has 0 spiro atoms. The molecule has 3 heteroatoms. The van der Waals surface area contributed by atoms with E-state index < -0.39 is 12.4 Å². The Morgan fingerprint density at radius 3 is 1.45 bits per heavy atom. The molecule has 0 aromatic heterocycles. The van der Waals surface area contributed by atoms with E-state index in [9.17, 15) is 5.11 Å². The van der Waals surface area contributed by atoms with E-state index in [1.54, 1.807) is 6.92 Å². The fourth-order valence-electron chi connectivity index (χ4n) is 2.50. The van der Waals surface area contributed by atoms with E-state index in [2.05, 4.69) is 27.7 Å². The van der Waals surface area contributed by atoms with Crippen molar-refractivity contribution >= 4 is 0 Å². The molecule has 0 radical (unpaired) electrons. The number of unbranched alkanes of at least 4 members (excludes halogenated alkanes) is 4. The number of ether oxygens (including phenoxy) is 2. The largest absolute Gasteiger partial charge is 0.388 e. The Bertz CT molecular complexity index is 211. The van der Waals surface area contributed by atoms with Gasteiger partial charge in [0, 0.05) is 0 Å². The molecule has 3 atom stereocenters. The van der Waals surface area contributed by atoms with Gasteiger partial charge in [0.2, 0.25) is 0 Å². The van der Waals surface area contributed by atoms with E-state index in [0.717, 1.165) is 0 Å². The fourth-order valence-corrected chi connectivity index (χ4v) is 2.50. The molecule has 0 aliphatic carbocycles. The van der Waals surface area contributed by atoms with Crippen LogP contribution in [-0.2, 0) is 9.47 Å². The number of aliphatic hydroxyl groups is 1. The van der Waals surface area contributed by atoms with Gasteiger partial charge in [0.05, 0.1) is 13.2 Å². The highest BCUT2D eigenvalue weighted by Crippen LogP contribution is 2.15. The summed E-state index contributed by atoms with van der Waals surface area (Å²) in [5.74, 6) is 1.05. The Hall–Kier alpha value is -0.120. The molecule has 0 aromatic rings. The third-order valence-electron chi connectivity index (χ3n) is 4.08. The van der Waals surface area contributed by atoms with Gasteiger partial charge in [-0.3, -0.25) is 0 Å². The quantitative estimate of drug-likeness (QED) is 0.335. The summed E-state index contributed by atoms with van der Waals surface area (Å²) < 4.78 is 11.6. The van der Waals surface area contributed by atoms with E-state index in [-0.39, 0.29) is 0 Å². The van der Waals surface area contributed by atoms with Crippen molar-refractivity contribution in [1.29, 1.82) is 0 Å². The van der Waals surface area contributed by atoms with Crippen molar-refractivity contribution < 1.29 is 14.6 Å². The first kappa shape index (κ1) is 21.9. The molecule has 22 heavy (non-hydrogen) atoms. The molecule has 3 nitrogen and oxygen atoms in total. The Labute approximate surface area is 138 Å². The van der Waals surface area contributed by atoms with Crippen LogP contribution < -0.4 is 0 Å². The summed E-state index contributed by atoms with van der Waals surface area (Å²) in [5.41, 5.74) is 0. The smallest absolute Gasteiger partial charge is 0.183 e. The van der Waals surface area contributed by atoms with Crippen LogP contribution in [0.25, 0.3) is 0 Å². The first-order valence-corrected chi connectivity index (χ1v) is 9.42. The lowest BCUT2D eigenvalue weighted by Gasteiger charge is -2.24. The number of aliphatic hydroxyl groups excluding tert-OH is 1. The van der Waals surface area contributed by atoms with Gasteiger partial charge in [-0.1, -0.05) is 66.2 Å². The van der Waals surface area contributed by atoms with Crippen molar-refractivity contribution in [3.8, 4) is 0 Å². The molecule has 0 saturated heterocycles. The summed E-state index contributed by atoms with van der Waals surface area (Å²) in [6.45, 7) is 12.0. The van der Waals surface area contributed by atoms with Gasteiger partial charge in [0.1, 0.15) is 6.10 Å². The van der Waals surface area contributed by atoms with Gasteiger partial charge in [0.15, 0.2) is 6.29 Å². The highest BCUT2D eigenvalue weighted by Gasteiger charge is 2.18. The maximum absolute atomic E-state index is 9.82. The zero-order valence-corrected chi connectivity index (χ0v) is 15.6. The van der Waals surface area contributed by atoms with Crippen LogP contribution in [0, 0.1) is 11.8 Å². The van der Waals surface area contributed by atoms with Gasteiger partial charge >= 0.3 is 0 Å². The molecule has 0 aliphatic rings. The van der Waals surface area contributed by atoms with Gasteiger partial charge in [-0.05, 0) is 31.6 Å². The zero-order chi connectivity index (χ0) is 16.8. The SMILES string of the molecule is CCCCCC(C)COC(OCC(C)CCCCC)C(C)O. The molecule has 3 unspecified atom stereocenters. The minimum absolute atomic E-state index is 0.484. The second kappa shape index (κ2) is 14.5. The van der Waals surface area contributed by atoms with Gasteiger partial charge in [-0.2, -0.15) is 0 Å². The Morgan fingerprint density at radius 2 is 1.14 bits per heavy atom. The van der Waals surface area contributed by atoms with E-state index in [1.165, 1.54) is 51.4 Å². The van der Waals surface area contributed by atoms with Crippen LogP contribution in [0.4, 0.5) is 0 Å². The Kier molecular flexibility index (Phi) is 14.4. The second-order valence-electron chi connectivity index (χ2n) is 6.98. The molecule has 134 valence electrons. The van der Waals surface area contributed by atoms with Gasteiger partial charge in [-0.15, -0.1) is 0 Å². The van der Waals surface area contributed by atoms with Crippen LogP contribution in [0.5, 0.6) is 0 Å².